The van der Waals surface area contributed by atoms with Crippen molar-refractivity contribution in [2.24, 2.45) is 0 Å². The van der Waals surface area contributed by atoms with Gasteiger partial charge in [-0.3, -0.25) is 4.18 Å². The lowest BCUT2D eigenvalue weighted by molar-refractivity contribution is -0.145. The molecule has 80 valence electrons. The van der Waals surface area contributed by atoms with E-state index < -0.39 is 22.2 Å². The fraction of sp³-hybridized carbons (Fsp3) is 0.833. The van der Waals surface area contributed by atoms with Crippen molar-refractivity contribution in [1.29, 1.82) is 0 Å². The Morgan fingerprint density at radius 1 is 1.54 bits per heavy atom. The molecule has 0 aromatic heterocycles. The average Bonchev–Trinajstić information content (AvgIpc) is 1.85. The summed E-state index contributed by atoms with van der Waals surface area (Å²) in [6.45, 7) is 3.04. The highest BCUT2D eigenvalue weighted by molar-refractivity contribution is 7.85. The molecule has 0 aromatic rings. The number of aliphatic hydroxyl groups is 1. The number of aliphatic hydroxyl groups excluding tert-OH is 1. The fourth-order valence-electron chi connectivity index (χ4n) is 0.214. The Hall–Kier alpha value is -0.660. The third-order valence-corrected chi connectivity index (χ3v) is 1.35. The van der Waals surface area contributed by atoms with Crippen molar-refractivity contribution < 1.29 is 27.6 Å². The average molecular weight is 214 g/mol. The third-order valence-electron chi connectivity index (χ3n) is 0.689. The second kappa shape index (κ2) is 6.81. The first-order chi connectivity index (χ1) is 5.70. The summed E-state index contributed by atoms with van der Waals surface area (Å²) in [6, 6.07) is 0. The summed E-state index contributed by atoms with van der Waals surface area (Å²) in [5.74, 6) is -1.19. The smallest absolute Gasteiger partial charge is 0.332 e. The summed E-state index contributed by atoms with van der Waals surface area (Å²) in [4.78, 5) is 9.45. The summed E-state index contributed by atoms with van der Waals surface area (Å²) in [5.41, 5.74) is 0. The number of rotatable bonds is 3. The van der Waals surface area contributed by atoms with Crippen LogP contribution >= 0.6 is 0 Å². The maximum absolute atomic E-state index is 10.0. The zero-order valence-corrected chi connectivity index (χ0v) is 8.54. The van der Waals surface area contributed by atoms with Gasteiger partial charge in [0.2, 0.25) is 0 Å². The van der Waals surface area contributed by atoms with E-state index in [4.69, 9.17) is 10.2 Å². The molecule has 6 nitrogen and oxygen atoms in total. The fourth-order valence-corrected chi connectivity index (χ4v) is 0.642. The van der Waals surface area contributed by atoms with Crippen LogP contribution in [0.25, 0.3) is 0 Å². The largest absolute Gasteiger partial charge is 0.479 e. The summed E-state index contributed by atoms with van der Waals surface area (Å²) in [7, 11) is -3.17. The van der Waals surface area contributed by atoms with Crippen molar-refractivity contribution in [3.8, 4) is 0 Å². The molecule has 0 spiro atoms. The van der Waals surface area contributed by atoms with Gasteiger partial charge in [-0.1, -0.05) is 0 Å². The lowest BCUT2D eigenvalue weighted by atomic mass is 10.4. The first kappa shape index (κ1) is 14.8. The molecule has 1 atom stereocenters. The predicted molar refractivity (Wildman–Crippen MR) is 45.8 cm³/mol. The van der Waals surface area contributed by atoms with Crippen LogP contribution in [-0.4, -0.2) is 43.6 Å². The van der Waals surface area contributed by atoms with Gasteiger partial charge in [0.1, 0.15) is 6.10 Å². The van der Waals surface area contributed by atoms with Gasteiger partial charge in [0.15, 0.2) is 0 Å². The van der Waals surface area contributed by atoms with Gasteiger partial charge in [0.25, 0.3) is 10.1 Å². The second-order valence-electron chi connectivity index (χ2n) is 2.12. The van der Waals surface area contributed by atoms with Crippen LogP contribution in [-0.2, 0) is 19.1 Å². The van der Waals surface area contributed by atoms with Crippen LogP contribution in [0.1, 0.15) is 13.8 Å². The SMILES string of the molecule is CC(O)C(=O)O.CCOS(C)(=O)=O. The lowest BCUT2D eigenvalue weighted by Crippen LogP contribution is -2.13. The molecule has 2 N–H and O–H groups in total. The van der Waals surface area contributed by atoms with E-state index in [0.29, 0.717) is 0 Å². The number of carbonyl (C=O) groups is 1. The van der Waals surface area contributed by atoms with E-state index in [1.165, 1.54) is 6.92 Å². The molecule has 7 heteroatoms. The van der Waals surface area contributed by atoms with Crippen molar-refractivity contribution in [1.82, 2.24) is 0 Å². The molecular weight excluding hydrogens is 200 g/mol. The molecular formula is C6H14O6S. The number of hydrogen-bond donors (Lipinski definition) is 2. The number of carboxylic acids is 1. The Morgan fingerprint density at radius 3 is 1.85 bits per heavy atom. The molecule has 0 saturated heterocycles. The Morgan fingerprint density at radius 2 is 1.85 bits per heavy atom. The third kappa shape index (κ3) is 18.4. The monoisotopic (exact) mass is 214 g/mol. The lowest BCUT2D eigenvalue weighted by Gasteiger charge is -1.90. The topological polar surface area (TPSA) is 101 Å². The maximum atomic E-state index is 10.0. The van der Waals surface area contributed by atoms with Gasteiger partial charge in [0, 0.05) is 0 Å². The van der Waals surface area contributed by atoms with Crippen molar-refractivity contribution >= 4 is 16.1 Å². The standard InChI is InChI=1S/C3H8O3S.C3H6O3/c1-3-6-7(2,4)5;1-2(4)3(5)6/h3H2,1-2H3;2,4H,1H3,(H,5,6). The summed E-state index contributed by atoms with van der Waals surface area (Å²) in [5, 5.41) is 15.8. The molecule has 0 fully saturated rings. The zero-order valence-electron chi connectivity index (χ0n) is 7.72. The molecule has 0 rings (SSSR count). The van der Waals surface area contributed by atoms with E-state index in [-0.39, 0.29) is 6.61 Å². The van der Waals surface area contributed by atoms with E-state index >= 15 is 0 Å². The quantitative estimate of drug-likeness (QED) is 0.610. The summed E-state index contributed by atoms with van der Waals surface area (Å²) < 4.78 is 24.2. The molecule has 0 heterocycles. The van der Waals surface area contributed by atoms with Crippen LogP contribution in [0.5, 0.6) is 0 Å². The molecule has 0 radical (unpaired) electrons. The van der Waals surface area contributed by atoms with Gasteiger partial charge in [-0.15, -0.1) is 0 Å². The van der Waals surface area contributed by atoms with E-state index in [1.54, 1.807) is 6.92 Å². The molecule has 0 aliphatic carbocycles. The first-order valence-electron chi connectivity index (χ1n) is 3.46. The van der Waals surface area contributed by atoms with Gasteiger partial charge in [0.05, 0.1) is 12.9 Å². The summed E-state index contributed by atoms with van der Waals surface area (Å²) in [6.07, 6.45) is -0.207. The van der Waals surface area contributed by atoms with Crippen LogP contribution in [0.4, 0.5) is 0 Å². The normalized spacial score (nSPS) is 12.6. The maximum Gasteiger partial charge on any atom is 0.332 e. The van der Waals surface area contributed by atoms with E-state index in [1.807, 2.05) is 0 Å². The predicted octanol–water partition coefficient (Wildman–Crippen LogP) is -0.566. The Bertz CT molecular complexity index is 230. The first-order valence-corrected chi connectivity index (χ1v) is 5.27. The molecule has 0 aliphatic rings. The van der Waals surface area contributed by atoms with E-state index in [9.17, 15) is 13.2 Å². The van der Waals surface area contributed by atoms with Gasteiger partial charge < -0.3 is 10.2 Å². The van der Waals surface area contributed by atoms with Gasteiger partial charge >= 0.3 is 5.97 Å². The molecule has 0 bridgehead atoms. The Kier molecular flexibility index (Phi) is 7.78. The Balaban J connectivity index is 0. The van der Waals surface area contributed by atoms with Crippen LogP contribution in [0.2, 0.25) is 0 Å². The minimum atomic E-state index is -3.17. The molecule has 0 amide bonds. The van der Waals surface area contributed by atoms with Crippen molar-refractivity contribution in [2.75, 3.05) is 12.9 Å². The van der Waals surface area contributed by atoms with Crippen LogP contribution in [0, 0.1) is 0 Å². The van der Waals surface area contributed by atoms with E-state index in [2.05, 4.69) is 4.18 Å². The highest BCUT2D eigenvalue weighted by Crippen LogP contribution is 1.81. The van der Waals surface area contributed by atoms with Gasteiger partial charge in [-0.05, 0) is 13.8 Å². The highest BCUT2D eigenvalue weighted by Gasteiger charge is 2.01. The number of aliphatic carboxylic acids is 1. The molecule has 0 aromatic carbocycles. The molecule has 0 saturated carbocycles. The van der Waals surface area contributed by atoms with Crippen molar-refractivity contribution in [2.45, 2.75) is 20.0 Å². The van der Waals surface area contributed by atoms with E-state index in [0.717, 1.165) is 6.26 Å². The minimum absolute atomic E-state index is 0.221. The van der Waals surface area contributed by atoms with Crippen molar-refractivity contribution in [3.63, 3.8) is 0 Å². The Labute approximate surface area is 77.3 Å². The number of carboxylic acid groups (broad SMARTS) is 1. The van der Waals surface area contributed by atoms with Gasteiger partial charge in [-0.25, -0.2) is 4.79 Å². The summed E-state index contributed by atoms with van der Waals surface area (Å²) >= 11 is 0. The highest BCUT2D eigenvalue weighted by atomic mass is 32.2. The second-order valence-corrected chi connectivity index (χ2v) is 3.77. The van der Waals surface area contributed by atoms with Gasteiger partial charge in [-0.2, -0.15) is 8.42 Å². The molecule has 13 heavy (non-hydrogen) atoms. The molecule has 0 aliphatic heterocycles. The molecule has 1 unspecified atom stereocenters. The minimum Gasteiger partial charge on any atom is -0.479 e. The van der Waals surface area contributed by atoms with Crippen molar-refractivity contribution in [3.05, 3.63) is 0 Å². The van der Waals surface area contributed by atoms with Crippen LogP contribution in [0.3, 0.4) is 0 Å². The zero-order chi connectivity index (χ0) is 11.1. The number of hydrogen-bond acceptors (Lipinski definition) is 5. The van der Waals surface area contributed by atoms with Crippen LogP contribution < -0.4 is 0 Å². The van der Waals surface area contributed by atoms with Crippen LogP contribution in [0.15, 0.2) is 0 Å².